The predicted molar refractivity (Wildman–Crippen MR) is 147 cm³/mol. The maximum atomic E-state index is 14.2. The normalized spacial score (nSPS) is 30.4. The van der Waals surface area contributed by atoms with E-state index in [4.69, 9.17) is 4.74 Å². The van der Waals surface area contributed by atoms with E-state index in [1.165, 1.54) is 0 Å². The molecule has 0 saturated carbocycles. The number of amides is 2. The molecule has 0 radical (unpaired) electrons. The Morgan fingerprint density at radius 2 is 2.03 bits per heavy atom. The first kappa shape index (κ1) is 29.2. The van der Waals surface area contributed by atoms with Gasteiger partial charge in [0.1, 0.15) is 6.04 Å². The summed E-state index contributed by atoms with van der Waals surface area (Å²) >= 11 is 5.42. The Morgan fingerprint density at radius 1 is 1.25 bits per heavy atom. The number of carbonyl (C=O) groups is 3. The molecule has 7 nitrogen and oxygen atoms in total. The highest BCUT2D eigenvalue weighted by atomic mass is 79.9. The van der Waals surface area contributed by atoms with Crippen LogP contribution >= 0.6 is 27.7 Å². The number of hydrogen-bond acceptors (Lipinski definition) is 6. The zero-order valence-electron chi connectivity index (χ0n) is 21.4. The summed E-state index contributed by atoms with van der Waals surface area (Å²) in [5, 5.41) is 9.10. The lowest BCUT2D eigenvalue weighted by molar-refractivity contribution is -0.154. The highest BCUT2D eigenvalue weighted by molar-refractivity contribution is 9.09. The highest BCUT2D eigenvalue weighted by Crippen LogP contribution is 2.68. The zero-order chi connectivity index (χ0) is 26.3. The SMILES string of the molecule is C=CCCOC(=O)[C@H]1[C@@H]2SC3(CC2Br)C(C(=O)N(CC=C)CCCCC)N(CCCCCO)C(=O)[C@H]13. The molecule has 3 fully saturated rings. The lowest BCUT2D eigenvalue weighted by Gasteiger charge is -2.38. The van der Waals surface area contributed by atoms with Gasteiger partial charge in [-0.2, -0.15) is 0 Å². The van der Waals surface area contributed by atoms with Crippen LogP contribution in [0.5, 0.6) is 0 Å². The average molecular weight is 586 g/mol. The average Bonchev–Trinajstić information content (AvgIpc) is 3.44. The van der Waals surface area contributed by atoms with Crippen molar-refractivity contribution in [3.05, 3.63) is 25.3 Å². The van der Waals surface area contributed by atoms with Crippen LogP contribution < -0.4 is 0 Å². The van der Waals surface area contributed by atoms with E-state index in [2.05, 4.69) is 36.0 Å². The molecule has 2 bridgehead atoms. The van der Waals surface area contributed by atoms with Crippen LogP contribution in [0.3, 0.4) is 0 Å². The second-order valence-electron chi connectivity index (χ2n) is 10.0. The van der Waals surface area contributed by atoms with Crippen LogP contribution in [0.4, 0.5) is 0 Å². The molecule has 3 aliphatic rings. The summed E-state index contributed by atoms with van der Waals surface area (Å²) in [5.41, 5.74) is 0. The number of esters is 1. The molecule has 2 amide bonds. The molecular formula is C27H41BrN2O5S. The van der Waals surface area contributed by atoms with Gasteiger partial charge in [-0.05, 0) is 38.5 Å². The monoisotopic (exact) mass is 584 g/mol. The van der Waals surface area contributed by atoms with Gasteiger partial charge in [0.25, 0.3) is 0 Å². The molecule has 1 N–H and O–H groups in total. The van der Waals surface area contributed by atoms with Crippen LogP contribution in [0.2, 0.25) is 0 Å². The van der Waals surface area contributed by atoms with E-state index in [9.17, 15) is 19.5 Å². The fourth-order valence-corrected chi connectivity index (χ4v) is 9.60. The molecule has 0 aromatic heterocycles. The second kappa shape index (κ2) is 13.5. The number of halogens is 1. The second-order valence-corrected chi connectivity index (χ2v) is 12.7. The minimum Gasteiger partial charge on any atom is -0.465 e. The number of alkyl halides is 1. The van der Waals surface area contributed by atoms with Crippen LogP contribution in [-0.4, -0.2) is 86.4 Å². The maximum absolute atomic E-state index is 14.2. The summed E-state index contributed by atoms with van der Waals surface area (Å²) in [6.45, 7) is 11.5. The third-order valence-electron chi connectivity index (χ3n) is 7.61. The molecule has 0 aromatic rings. The molecule has 36 heavy (non-hydrogen) atoms. The molecule has 3 rings (SSSR count). The number of ether oxygens (including phenoxy) is 1. The van der Waals surface area contributed by atoms with E-state index in [1.54, 1.807) is 28.8 Å². The van der Waals surface area contributed by atoms with Gasteiger partial charge in [0.2, 0.25) is 11.8 Å². The predicted octanol–water partition coefficient (Wildman–Crippen LogP) is 3.94. The van der Waals surface area contributed by atoms with E-state index in [-0.39, 0.29) is 41.1 Å². The summed E-state index contributed by atoms with van der Waals surface area (Å²) in [4.78, 5) is 45.0. The van der Waals surface area contributed by atoms with Gasteiger partial charge in [-0.3, -0.25) is 14.4 Å². The van der Waals surface area contributed by atoms with Crippen molar-refractivity contribution in [1.29, 1.82) is 0 Å². The molecule has 9 heteroatoms. The van der Waals surface area contributed by atoms with Crippen LogP contribution in [0.1, 0.15) is 58.3 Å². The molecule has 3 aliphatic heterocycles. The lowest BCUT2D eigenvalue weighted by atomic mass is 9.71. The Bertz CT molecular complexity index is 826. The third kappa shape index (κ3) is 5.73. The number of likely N-dealkylation sites (tertiary alicyclic amines) is 1. The Hall–Kier alpha value is -1.32. The van der Waals surface area contributed by atoms with E-state index in [0.717, 1.165) is 25.7 Å². The van der Waals surface area contributed by atoms with Gasteiger partial charge in [0.15, 0.2) is 0 Å². The number of rotatable bonds is 16. The maximum Gasteiger partial charge on any atom is 0.310 e. The molecule has 0 aromatic carbocycles. The molecule has 3 heterocycles. The number of thioether (sulfide) groups is 1. The van der Waals surface area contributed by atoms with E-state index >= 15 is 0 Å². The Labute approximate surface area is 228 Å². The molecule has 6 atom stereocenters. The van der Waals surface area contributed by atoms with Crippen molar-refractivity contribution >= 4 is 45.5 Å². The first-order chi connectivity index (χ1) is 17.4. The molecule has 1 spiro atoms. The summed E-state index contributed by atoms with van der Waals surface area (Å²) in [6.07, 6.45) is 9.79. The van der Waals surface area contributed by atoms with Gasteiger partial charge >= 0.3 is 5.97 Å². The first-order valence-electron chi connectivity index (χ1n) is 13.3. The van der Waals surface area contributed by atoms with Crippen molar-refractivity contribution in [3.63, 3.8) is 0 Å². The van der Waals surface area contributed by atoms with Crippen molar-refractivity contribution in [2.75, 3.05) is 32.8 Å². The van der Waals surface area contributed by atoms with E-state index in [0.29, 0.717) is 45.3 Å². The Kier molecular flexibility index (Phi) is 10.9. The van der Waals surface area contributed by atoms with Crippen LogP contribution in [0.15, 0.2) is 25.3 Å². The van der Waals surface area contributed by atoms with Crippen molar-refractivity contribution in [1.82, 2.24) is 9.80 Å². The van der Waals surface area contributed by atoms with Crippen molar-refractivity contribution < 1.29 is 24.2 Å². The van der Waals surface area contributed by atoms with Gasteiger partial charge < -0.3 is 19.6 Å². The molecular weight excluding hydrogens is 544 g/mol. The van der Waals surface area contributed by atoms with Crippen LogP contribution in [-0.2, 0) is 19.1 Å². The smallest absolute Gasteiger partial charge is 0.310 e. The van der Waals surface area contributed by atoms with Crippen molar-refractivity contribution in [2.45, 2.75) is 79.2 Å². The minimum atomic E-state index is -0.656. The van der Waals surface area contributed by atoms with Gasteiger partial charge in [0, 0.05) is 36.3 Å². The number of aliphatic hydroxyl groups is 1. The Balaban J connectivity index is 1.94. The summed E-state index contributed by atoms with van der Waals surface area (Å²) in [6, 6.07) is -0.619. The van der Waals surface area contributed by atoms with Crippen LogP contribution in [0.25, 0.3) is 0 Å². The third-order valence-corrected chi connectivity index (χ3v) is 10.8. The van der Waals surface area contributed by atoms with Gasteiger partial charge in [0.05, 0.1) is 23.2 Å². The topological polar surface area (TPSA) is 87.2 Å². The zero-order valence-corrected chi connectivity index (χ0v) is 23.8. The van der Waals surface area contributed by atoms with Gasteiger partial charge in [-0.15, -0.1) is 24.9 Å². The van der Waals surface area contributed by atoms with Gasteiger partial charge in [-0.1, -0.05) is 47.8 Å². The molecule has 202 valence electrons. The quantitative estimate of drug-likeness (QED) is 0.128. The first-order valence-corrected chi connectivity index (χ1v) is 15.1. The number of fused-ring (bicyclic) bond motifs is 1. The molecule has 0 aliphatic carbocycles. The van der Waals surface area contributed by atoms with Crippen molar-refractivity contribution in [3.8, 4) is 0 Å². The number of hydrogen-bond donors (Lipinski definition) is 1. The standard InChI is InChI=1S/C27H41BrN2O5S/c1-4-7-10-14-29(13-6-3)25(33)23-27-18-19(28)22(36-27)20(26(34)35-17-8-5-2)21(27)24(32)30(23)15-11-9-12-16-31/h5-6,19-23,31H,2-4,7-18H2,1H3/t19?,20-,21+,22-,23?,27?/m1/s1. The highest BCUT2D eigenvalue weighted by Gasteiger charge is 2.76. The summed E-state index contributed by atoms with van der Waals surface area (Å²) < 4.78 is 4.91. The van der Waals surface area contributed by atoms with Crippen LogP contribution in [0, 0.1) is 11.8 Å². The number of unbranched alkanes of at least 4 members (excludes halogenated alkanes) is 4. The van der Waals surface area contributed by atoms with E-state index in [1.807, 2.05) is 4.90 Å². The van der Waals surface area contributed by atoms with E-state index < -0.39 is 22.6 Å². The summed E-state index contributed by atoms with van der Waals surface area (Å²) in [5.74, 6) is -1.64. The Morgan fingerprint density at radius 3 is 2.69 bits per heavy atom. The number of aliphatic hydroxyl groups excluding tert-OH is 1. The fraction of sp³-hybridized carbons (Fsp3) is 0.741. The van der Waals surface area contributed by atoms with Gasteiger partial charge in [-0.25, -0.2) is 0 Å². The fourth-order valence-electron chi connectivity index (χ4n) is 6.00. The minimum absolute atomic E-state index is 0.0288. The lowest BCUT2D eigenvalue weighted by Crippen LogP contribution is -2.55. The molecule has 3 unspecified atom stereocenters. The molecule has 3 saturated heterocycles. The van der Waals surface area contributed by atoms with Crippen molar-refractivity contribution in [2.24, 2.45) is 11.8 Å². The number of nitrogens with zero attached hydrogens (tertiary/aromatic N) is 2. The summed E-state index contributed by atoms with van der Waals surface area (Å²) in [7, 11) is 0. The number of carbonyl (C=O) groups excluding carboxylic acids is 3. The largest absolute Gasteiger partial charge is 0.465 e.